The van der Waals surface area contributed by atoms with Gasteiger partial charge >= 0.3 is 11.8 Å². The van der Waals surface area contributed by atoms with Crippen LogP contribution < -0.4 is 10.6 Å². The van der Waals surface area contributed by atoms with Crippen molar-refractivity contribution in [1.29, 1.82) is 5.26 Å². The van der Waals surface area contributed by atoms with Gasteiger partial charge in [0.25, 0.3) is 0 Å². The highest BCUT2D eigenvalue weighted by Gasteiger charge is 2.10. The molecule has 0 bridgehead atoms. The molecule has 17 heavy (non-hydrogen) atoms. The monoisotopic (exact) mass is 235 g/mol. The second-order valence-corrected chi connectivity index (χ2v) is 3.25. The van der Waals surface area contributed by atoms with Gasteiger partial charge in [0.1, 0.15) is 6.54 Å². The smallest absolute Gasteiger partial charge is 0.310 e. The Morgan fingerprint density at radius 3 is 2.76 bits per heavy atom. The quantitative estimate of drug-likeness (QED) is 0.389. The first-order valence-electron chi connectivity index (χ1n) is 5.12. The fourth-order valence-electron chi connectivity index (χ4n) is 1.16. The van der Waals surface area contributed by atoms with Gasteiger partial charge in [0.2, 0.25) is 0 Å². The summed E-state index contributed by atoms with van der Waals surface area (Å²) in [6.45, 7) is 0.957. The van der Waals surface area contributed by atoms with Gasteiger partial charge in [-0.25, -0.2) is 4.98 Å². The standard InChI is InChI=1S/C10H13N5O2/c11-2-4-14-10(17)9(16)13-3-1-6-15-7-5-12-8-15/h5,7-8H,1,3-4,6H2,(H,13,16)(H,14,17). The molecule has 1 aromatic rings. The van der Waals surface area contributed by atoms with Crippen molar-refractivity contribution in [2.75, 3.05) is 13.1 Å². The van der Waals surface area contributed by atoms with Gasteiger partial charge in [0, 0.05) is 25.5 Å². The van der Waals surface area contributed by atoms with E-state index >= 15 is 0 Å². The number of imidazole rings is 1. The Labute approximate surface area is 98.4 Å². The summed E-state index contributed by atoms with van der Waals surface area (Å²) >= 11 is 0. The summed E-state index contributed by atoms with van der Waals surface area (Å²) in [7, 11) is 0. The van der Waals surface area contributed by atoms with Crippen LogP contribution >= 0.6 is 0 Å². The van der Waals surface area contributed by atoms with Crippen LogP contribution in [0.1, 0.15) is 6.42 Å². The Balaban J connectivity index is 2.12. The van der Waals surface area contributed by atoms with Crippen molar-refractivity contribution in [3.63, 3.8) is 0 Å². The van der Waals surface area contributed by atoms with Crippen LogP contribution in [-0.4, -0.2) is 34.5 Å². The first-order valence-corrected chi connectivity index (χ1v) is 5.12. The lowest BCUT2D eigenvalue weighted by atomic mass is 10.4. The van der Waals surface area contributed by atoms with Crippen LogP contribution in [0.3, 0.4) is 0 Å². The van der Waals surface area contributed by atoms with E-state index in [1.165, 1.54) is 0 Å². The van der Waals surface area contributed by atoms with Crippen LogP contribution in [0.25, 0.3) is 0 Å². The molecule has 0 saturated carbocycles. The third-order valence-electron chi connectivity index (χ3n) is 1.97. The van der Waals surface area contributed by atoms with Crippen LogP contribution in [0, 0.1) is 11.3 Å². The number of nitriles is 1. The van der Waals surface area contributed by atoms with E-state index in [4.69, 9.17) is 5.26 Å². The van der Waals surface area contributed by atoms with Crippen LogP contribution in [0.2, 0.25) is 0 Å². The molecule has 0 radical (unpaired) electrons. The summed E-state index contributed by atoms with van der Waals surface area (Å²) in [5.41, 5.74) is 0. The number of amides is 2. The van der Waals surface area contributed by atoms with Crippen molar-refractivity contribution in [2.45, 2.75) is 13.0 Å². The van der Waals surface area contributed by atoms with E-state index in [-0.39, 0.29) is 6.54 Å². The first kappa shape index (κ1) is 12.7. The molecule has 0 atom stereocenters. The van der Waals surface area contributed by atoms with Crippen molar-refractivity contribution in [2.24, 2.45) is 0 Å². The highest BCUT2D eigenvalue weighted by molar-refractivity contribution is 6.35. The zero-order valence-corrected chi connectivity index (χ0v) is 9.22. The molecule has 0 fully saturated rings. The number of aryl methyl sites for hydroxylation is 1. The van der Waals surface area contributed by atoms with Crippen molar-refractivity contribution in [3.05, 3.63) is 18.7 Å². The average Bonchev–Trinajstić information content (AvgIpc) is 2.84. The van der Waals surface area contributed by atoms with Crippen molar-refractivity contribution >= 4 is 11.8 Å². The number of nitrogens with zero attached hydrogens (tertiary/aromatic N) is 3. The van der Waals surface area contributed by atoms with E-state index in [1.54, 1.807) is 18.6 Å². The molecule has 2 amide bonds. The van der Waals surface area contributed by atoms with Crippen molar-refractivity contribution < 1.29 is 9.59 Å². The van der Waals surface area contributed by atoms with Crippen molar-refractivity contribution in [3.8, 4) is 6.07 Å². The molecular weight excluding hydrogens is 222 g/mol. The van der Waals surface area contributed by atoms with Gasteiger partial charge < -0.3 is 15.2 Å². The normalized spacial score (nSPS) is 9.35. The maximum absolute atomic E-state index is 11.2. The lowest BCUT2D eigenvalue weighted by Gasteiger charge is -2.04. The number of rotatable bonds is 5. The molecule has 1 aromatic heterocycles. The van der Waals surface area contributed by atoms with Gasteiger partial charge in [-0.15, -0.1) is 0 Å². The van der Waals surface area contributed by atoms with Gasteiger partial charge in [-0.05, 0) is 6.42 Å². The van der Waals surface area contributed by atoms with E-state index in [2.05, 4.69) is 15.6 Å². The van der Waals surface area contributed by atoms with Gasteiger partial charge in [-0.2, -0.15) is 5.26 Å². The molecule has 0 aliphatic rings. The molecular formula is C10H13N5O2. The van der Waals surface area contributed by atoms with E-state index in [1.807, 2.05) is 10.8 Å². The van der Waals surface area contributed by atoms with Crippen molar-refractivity contribution in [1.82, 2.24) is 20.2 Å². The van der Waals surface area contributed by atoms with Gasteiger partial charge in [-0.1, -0.05) is 0 Å². The zero-order chi connectivity index (χ0) is 12.5. The SMILES string of the molecule is N#CCNC(=O)C(=O)NCCCn1ccnc1. The largest absolute Gasteiger partial charge is 0.348 e. The van der Waals surface area contributed by atoms with Crippen LogP contribution in [0.4, 0.5) is 0 Å². The predicted octanol–water partition coefficient (Wildman–Crippen LogP) is -0.971. The van der Waals surface area contributed by atoms with Crippen LogP contribution in [-0.2, 0) is 16.1 Å². The second kappa shape index (κ2) is 7.00. The zero-order valence-electron chi connectivity index (χ0n) is 9.22. The minimum atomic E-state index is -0.783. The number of nitrogens with one attached hydrogen (secondary N) is 2. The molecule has 0 aliphatic carbocycles. The van der Waals surface area contributed by atoms with Gasteiger partial charge in [0.05, 0.1) is 12.4 Å². The van der Waals surface area contributed by atoms with Gasteiger partial charge in [0.15, 0.2) is 0 Å². The molecule has 0 saturated heterocycles. The highest BCUT2D eigenvalue weighted by atomic mass is 16.2. The number of aromatic nitrogens is 2. The fourth-order valence-corrected chi connectivity index (χ4v) is 1.16. The van der Waals surface area contributed by atoms with Crippen LogP contribution in [0.5, 0.6) is 0 Å². The van der Waals surface area contributed by atoms with E-state index < -0.39 is 11.8 Å². The lowest BCUT2D eigenvalue weighted by Crippen LogP contribution is -2.40. The minimum Gasteiger partial charge on any atom is -0.348 e. The van der Waals surface area contributed by atoms with Gasteiger partial charge in [-0.3, -0.25) is 9.59 Å². The summed E-state index contributed by atoms with van der Waals surface area (Å²) < 4.78 is 1.88. The summed E-state index contributed by atoms with van der Waals surface area (Å²) in [6.07, 6.45) is 5.88. The molecule has 0 aromatic carbocycles. The maximum Gasteiger partial charge on any atom is 0.310 e. The Morgan fingerprint density at radius 2 is 2.12 bits per heavy atom. The highest BCUT2D eigenvalue weighted by Crippen LogP contribution is 1.88. The Bertz CT molecular complexity index is 407. The maximum atomic E-state index is 11.2. The molecule has 2 N–H and O–H groups in total. The average molecular weight is 235 g/mol. The number of hydrogen-bond acceptors (Lipinski definition) is 4. The third kappa shape index (κ3) is 4.79. The van der Waals surface area contributed by atoms with E-state index in [0.29, 0.717) is 13.0 Å². The minimum absolute atomic E-state index is 0.165. The summed E-state index contributed by atoms with van der Waals surface area (Å²) in [6, 6.07) is 1.72. The number of carbonyl (C=O) groups excluding carboxylic acids is 2. The molecule has 0 unspecified atom stereocenters. The number of hydrogen-bond donors (Lipinski definition) is 2. The molecule has 0 aliphatic heterocycles. The predicted molar refractivity (Wildman–Crippen MR) is 58.5 cm³/mol. The Hall–Kier alpha value is -2.36. The molecule has 7 heteroatoms. The first-order chi connectivity index (χ1) is 8.24. The lowest BCUT2D eigenvalue weighted by molar-refractivity contribution is -0.139. The molecule has 0 spiro atoms. The number of carbonyl (C=O) groups is 2. The second-order valence-electron chi connectivity index (χ2n) is 3.25. The Kier molecular flexibility index (Phi) is 5.24. The van der Waals surface area contributed by atoms with E-state index in [9.17, 15) is 9.59 Å². The third-order valence-corrected chi connectivity index (χ3v) is 1.97. The van der Waals surface area contributed by atoms with Crippen LogP contribution in [0.15, 0.2) is 18.7 Å². The Morgan fingerprint density at radius 1 is 1.35 bits per heavy atom. The van der Waals surface area contributed by atoms with E-state index in [0.717, 1.165) is 6.54 Å². The molecule has 1 rings (SSSR count). The molecule has 90 valence electrons. The molecule has 7 nitrogen and oxygen atoms in total. The topological polar surface area (TPSA) is 99.8 Å². The fraction of sp³-hybridized carbons (Fsp3) is 0.400. The molecule has 1 heterocycles. The summed E-state index contributed by atoms with van der Waals surface area (Å²) in [4.78, 5) is 26.1. The summed E-state index contributed by atoms with van der Waals surface area (Å²) in [5, 5.41) is 12.8. The summed E-state index contributed by atoms with van der Waals surface area (Å²) in [5.74, 6) is -1.50.